The maximum Gasteiger partial charge on any atom is 0.233 e. The highest BCUT2D eigenvalue weighted by molar-refractivity contribution is 6.32. The zero-order chi connectivity index (χ0) is 20.5. The fraction of sp³-hybridized carbons (Fsp3) is 0.375. The summed E-state index contributed by atoms with van der Waals surface area (Å²) in [4.78, 5) is 8.13. The maximum atomic E-state index is 6.43. The number of hydrogen-bond donors (Lipinski definition) is 3. The second-order valence-electron chi connectivity index (χ2n) is 8.38. The Bertz CT molecular complexity index is 1060. The number of aromatic amines is 1. The lowest BCUT2D eigenvalue weighted by Gasteiger charge is -2.19. The van der Waals surface area contributed by atoms with Crippen LogP contribution in [0.3, 0.4) is 0 Å². The molecule has 1 fully saturated rings. The molecule has 30 heavy (non-hydrogen) atoms. The van der Waals surface area contributed by atoms with Gasteiger partial charge in [0.1, 0.15) is 11.8 Å². The molecule has 0 saturated heterocycles. The van der Waals surface area contributed by atoms with E-state index < -0.39 is 0 Å². The molecule has 0 bridgehead atoms. The van der Waals surface area contributed by atoms with E-state index in [4.69, 9.17) is 22.1 Å². The molecule has 2 heterocycles. The van der Waals surface area contributed by atoms with Crippen molar-refractivity contribution in [3.05, 3.63) is 64.8 Å². The Labute approximate surface area is 181 Å². The van der Waals surface area contributed by atoms with E-state index in [1.807, 2.05) is 30.3 Å². The van der Waals surface area contributed by atoms with Gasteiger partial charge in [-0.3, -0.25) is 0 Å². The van der Waals surface area contributed by atoms with Gasteiger partial charge in [-0.25, -0.2) is 4.99 Å². The molecular weight excluding hydrogens is 396 g/mol. The van der Waals surface area contributed by atoms with Gasteiger partial charge in [-0.2, -0.15) is 0 Å². The van der Waals surface area contributed by atoms with Crippen molar-refractivity contribution >= 4 is 34.1 Å². The molecule has 0 amide bonds. The molecule has 1 saturated carbocycles. The summed E-state index contributed by atoms with van der Waals surface area (Å²) < 4.78 is 6.15. The monoisotopic (exact) mass is 422 g/mol. The van der Waals surface area contributed by atoms with E-state index in [-0.39, 0.29) is 12.1 Å². The first-order chi connectivity index (χ1) is 14.7. The number of nitrogens with one attached hydrogen (secondary N) is 2. The van der Waals surface area contributed by atoms with Gasteiger partial charge in [0.2, 0.25) is 5.90 Å². The fourth-order valence-corrected chi connectivity index (χ4v) is 4.73. The Morgan fingerprint density at radius 3 is 2.77 bits per heavy atom. The van der Waals surface area contributed by atoms with Crippen LogP contribution in [0.15, 0.2) is 53.5 Å². The van der Waals surface area contributed by atoms with Crippen molar-refractivity contribution in [1.82, 2.24) is 4.98 Å². The van der Waals surface area contributed by atoms with Gasteiger partial charge in [0.25, 0.3) is 0 Å². The number of H-pyrrole nitrogens is 1. The molecule has 5 rings (SSSR count). The number of aromatic nitrogens is 1. The molecule has 156 valence electrons. The van der Waals surface area contributed by atoms with Crippen LogP contribution in [0, 0.1) is 0 Å². The minimum atomic E-state index is -0.119. The second kappa shape index (κ2) is 8.32. The van der Waals surface area contributed by atoms with E-state index in [2.05, 4.69) is 33.5 Å². The third-order valence-corrected chi connectivity index (χ3v) is 6.33. The lowest BCUT2D eigenvalue weighted by atomic mass is 10.0. The van der Waals surface area contributed by atoms with Crippen LogP contribution in [0.2, 0.25) is 5.02 Å². The number of fused-ring (bicyclic) bond motifs is 1. The number of rotatable bonds is 6. The standard InChI is InChI=1S/C24H27ClN4O/c25-17-11-16-12-21(29-23(16)20(13-17)28-18-8-4-5-9-18)24-27-14-22(30-24)19(26)10-15-6-2-1-3-7-15/h1-3,6-7,11-13,18-19,22,28-29H,4-5,8-10,14,26H2/t19-,22?/m0/s1. The molecule has 2 aliphatic rings. The molecular formula is C24H27ClN4O. The number of hydrogen-bond acceptors (Lipinski definition) is 4. The van der Waals surface area contributed by atoms with Crippen molar-refractivity contribution in [3.63, 3.8) is 0 Å². The van der Waals surface area contributed by atoms with Gasteiger partial charge in [-0.05, 0) is 43.0 Å². The van der Waals surface area contributed by atoms with Gasteiger partial charge >= 0.3 is 0 Å². The fourth-order valence-electron chi connectivity index (χ4n) is 4.51. The first-order valence-corrected chi connectivity index (χ1v) is 11.1. The van der Waals surface area contributed by atoms with Crippen molar-refractivity contribution in [2.24, 2.45) is 10.7 Å². The second-order valence-corrected chi connectivity index (χ2v) is 8.82. The Morgan fingerprint density at radius 2 is 1.97 bits per heavy atom. The van der Waals surface area contributed by atoms with Crippen LogP contribution in [0.1, 0.15) is 36.9 Å². The van der Waals surface area contributed by atoms with E-state index in [0.29, 0.717) is 18.5 Å². The highest BCUT2D eigenvalue weighted by atomic mass is 35.5. The quantitative estimate of drug-likeness (QED) is 0.529. The Kier molecular flexibility index (Phi) is 5.40. The molecule has 4 N–H and O–H groups in total. The van der Waals surface area contributed by atoms with Crippen molar-refractivity contribution < 1.29 is 4.74 Å². The zero-order valence-corrected chi connectivity index (χ0v) is 17.7. The summed E-state index contributed by atoms with van der Waals surface area (Å²) in [6.45, 7) is 0.576. The van der Waals surface area contributed by atoms with Gasteiger partial charge in [0.15, 0.2) is 0 Å². The zero-order valence-electron chi connectivity index (χ0n) is 16.9. The van der Waals surface area contributed by atoms with Crippen LogP contribution in [0.5, 0.6) is 0 Å². The van der Waals surface area contributed by atoms with Gasteiger partial charge in [-0.15, -0.1) is 0 Å². The van der Waals surface area contributed by atoms with E-state index in [0.717, 1.165) is 33.7 Å². The van der Waals surface area contributed by atoms with Crippen LogP contribution in [-0.4, -0.2) is 35.6 Å². The Balaban J connectivity index is 1.32. The van der Waals surface area contributed by atoms with E-state index in [1.165, 1.54) is 31.2 Å². The molecule has 2 aromatic carbocycles. The minimum absolute atomic E-state index is 0.105. The van der Waals surface area contributed by atoms with Crippen LogP contribution in [-0.2, 0) is 11.2 Å². The minimum Gasteiger partial charge on any atom is -0.469 e. The summed E-state index contributed by atoms with van der Waals surface area (Å²) in [5.41, 5.74) is 10.6. The van der Waals surface area contributed by atoms with Gasteiger partial charge < -0.3 is 20.8 Å². The highest BCUT2D eigenvalue weighted by Crippen LogP contribution is 2.32. The summed E-state index contributed by atoms with van der Waals surface area (Å²) >= 11 is 6.39. The number of nitrogens with zero attached hydrogens (tertiary/aromatic N) is 1. The maximum absolute atomic E-state index is 6.43. The molecule has 0 radical (unpaired) electrons. The number of nitrogens with two attached hydrogens (primary N) is 1. The molecule has 2 atom stereocenters. The van der Waals surface area contributed by atoms with Gasteiger partial charge in [0.05, 0.1) is 17.7 Å². The topological polar surface area (TPSA) is 75.4 Å². The van der Waals surface area contributed by atoms with Crippen LogP contribution >= 0.6 is 11.6 Å². The van der Waals surface area contributed by atoms with Gasteiger partial charge in [-0.1, -0.05) is 54.8 Å². The summed E-state index contributed by atoms with van der Waals surface area (Å²) in [7, 11) is 0. The molecule has 1 unspecified atom stereocenters. The molecule has 1 aliphatic carbocycles. The average Bonchev–Trinajstić information content (AvgIpc) is 3.49. The molecule has 3 aromatic rings. The SMILES string of the molecule is N[C@@H](Cc1ccccc1)C1CN=C(c2cc3cc(Cl)cc(NC4CCCC4)c3[nH]2)O1. The molecule has 1 aliphatic heterocycles. The largest absolute Gasteiger partial charge is 0.469 e. The molecule has 5 nitrogen and oxygen atoms in total. The first kappa shape index (κ1) is 19.5. The third-order valence-electron chi connectivity index (χ3n) is 6.11. The Hall–Kier alpha value is -2.50. The van der Waals surface area contributed by atoms with E-state index in [9.17, 15) is 0 Å². The summed E-state index contributed by atoms with van der Waals surface area (Å²) in [5.74, 6) is 0.627. The first-order valence-electron chi connectivity index (χ1n) is 10.8. The predicted octanol–water partition coefficient (Wildman–Crippen LogP) is 4.89. The summed E-state index contributed by atoms with van der Waals surface area (Å²) in [5, 5.41) is 5.45. The van der Waals surface area contributed by atoms with Crippen LogP contribution in [0.25, 0.3) is 10.9 Å². The van der Waals surface area contributed by atoms with Crippen molar-refractivity contribution in [2.75, 3.05) is 11.9 Å². The highest BCUT2D eigenvalue weighted by Gasteiger charge is 2.28. The summed E-state index contributed by atoms with van der Waals surface area (Å²) in [6, 6.07) is 16.7. The van der Waals surface area contributed by atoms with Crippen molar-refractivity contribution in [1.29, 1.82) is 0 Å². The molecule has 1 aromatic heterocycles. The average molecular weight is 423 g/mol. The van der Waals surface area contributed by atoms with E-state index in [1.54, 1.807) is 0 Å². The number of benzene rings is 2. The van der Waals surface area contributed by atoms with Crippen LogP contribution in [0.4, 0.5) is 5.69 Å². The number of anilines is 1. The number of halogens is 1. The lowest BCUT2D eigenvalue weighted by Crippen LogP contribution is -2.39. The predicted molar refractivity (Wildman–Crippen MR) is 124 cm³/mol. The van der Waals surface area contributed by atoms with E-state index >= 15 is 0 Å². The van der Waals surface area contributed by atoms with Crippen LogP contribution < -0.4 is 11.1 Å². The van der Waals surface area contributed by atoms with Crippen molar-refractivity contribution in [2.45, 2.75) is 50.3 Å². The van der Waals surface area contributed by atoms with Gasteiger partial charge in [0, 0.05) is 22.5 Å². The third kappa shape index (κ3) is 4.05. The molecule has 0 spiro atoms. The number of aliphatic imine (C=N–C) groups is 1. The summed E-state index contributed by atoms with van der Waals surface area (Å²) in [6.07, 6.45) is 5.63. The normalized spacial score (nSPS) is 20.3. The Morgan fingerprint density at radius 1 is 1.17 bits per heavy atom. The van der Waals surface area contributed by atoms with Crippen molar-refractivity contribution in [3.8, 4) is 0 Å². The molecule has 6 heteroatoms. The smallest absolute Gasteiger partial charge is 0.233 e. The number of ether oxygens (including phenoxy) is 1. The lowest BCUT2D eigenvalue weighted by molar-refractivity contribution is 0.190.